The van der Waals surface area contributed by atoms with Gasteiger partial charge in [0.25, 0.3) is 5.91 Å². The van der Waals surface area contributed by atoms with Gasteiger partial charge in [-0.2, -0.15) is 0 Å². The molecule has 1 heterocycles. The lowest BCUT2D eigenvalue weighted by Crippen LogP contribution is -2.23. The van der Waals surface area contributed by atoms with Gasteiger partial charge in [-0.25, -0.2) is 4.39 Å². The third-order valence-electron chi connectivity index (χ3n) is 1.41. The number of amides is 1. The fourth-order valence-electron chi connectivity index (χ4n) is 0.807. The van der Waals surface area contributed by atoms with Gasteiger partial charge in [0, 0.05) is 12.3 Å². The SMILES string of the molecule is CC#CCNC(=O)c1cc(F)c[nH]1. The van der Waals surface area contributed by atoms with Crippen molar-refractivity contribution in [2.24, 2.45) is 0 Å². The van der Waals surface area contributed by atoms with Crippen LogP contribution in [-0.4, -0.2) is 17.4 Å². The first-order valence-corrected chi connectivity index (χ1v) is 3.75. The predicted molar refractivity (Wildman–Crippen MR) is 46.5 cm³/mol. The molecule has 1 aromatic heterocycles. The van der Waals surface area contributed by atoms with Crippen LogP contribution in [0.15, 0.2) is 12.3 Å². The number of hydrogen-bond acceptors (Lipinski definition) is 1. The lowest BCUT2D eigenvalue weighted by molar-refractivity contribution is 0.0954. The second-order valence-corrected chi connectivity index (χ2v) is 2.34. The van der Waals surface area contributed by atoms with E-state index in [0.29, 0.717) is 0 Å². The average molecular weight is 180 g/mol. The van der Waals surface area contributed by atoms with Crippen LogP contribution in [-0.2, 0) is 0 Å². The van der Waals surface area contributed by atoms with E-state index in [4.69, 9.17) is 0 Å². The Hall–Kier alpha value is -1.76. The Bertz CT molecular complexity index is 359. The highest BCUT2D eigenvalue weighted by molar-refractivity contribution is 5.92. The van der Waals surface area contributed by atoms with Gasteiger partial charge in [-0.1, -0.05) is 5.92 Å². The van der Waals surface area contributed by atoms with Gasteiger partial charge in [0.1, 0.15) is 11.5 Å². The molecule has 0 aromatic carbocycles. The van der Waals surface area contributed by atoms with E-state index in [2.05, 4.69) is 22.1 Å². The molecule has 0 bridgehead atoms. The Morgan fingerprint density at radius 1 is 1.77 bits per heavy atom. The van der Waals surface area contributed by atoms with Crippen LogP contribution in [0.2, 0.25) is 0 Å². The van der Waals surface area contributed by atoms with E-state index in [0.717, 1.165) is 12.3 Å². The number of aromatic amines is 1. The van der Waals surface area contributed by atoms with E-state index in [1.54, 1.807) is 6.92 Å². The molecule has 4 heteroatoms. The van der Waals surface area contributed by atoms with Crippen LogP contribution in [0, 0.1) is 17.7 Å². The number of carbonyl (C=O) groups is 1. The Morgan fingerprint density at radius 2 is 2.54 bits per heavy atom. The summed E-state index contributed by atoms with van der Waals surface area (Å²) in [5.74, 6) is 4.49. The van der Waals surface area contributed by atoms with E-state index in [1.807, 2.05) is 0 Å². The maximum atomic E-state index is 12.4. The maximum Gasteiger partial charge on any atom is 0.268 e. The number of H-pyrrole nitrogens is 1. The van der Waals surface area contributed by atoms with Gasteiger partial charge in [-0.15, -0.1) is 5.92 Å². The largest absolute Gasteiger partial charge is 0.355 e. The lowest BCUT2D eigenvalue weighted by atomic mass is 10.4. The van der Waals surface area contributed by atoms with Crippen LogP contribution in [0.3, 0.4) is 0 Å². The van der Waals surface area contributed by atoms with E-state index in [1.165, 1.54) is 0 Å². The fraction of sp³-hybridized carbons (Fsp3) is 0.222. The van der Waals surface area contributed by atoms with Crippen molar-refractivity contribution in [1.29, 1.82) is 0 Å². The molecule has 0 aliphatic rings. The van der Waals surface area contributed by atoms with Crippen molar-refractivity contribution in [1.82, 2.24) is 10.3 Å². The molecule has 0 aliphatic carbocycles. The minimum absolute atomic E-state index is 0.204. The van der Waals surface area contributed by atoms with Gasteiger partial charge in [-0.05, 0) is 6.92 Å². The summed E-state index contributed by atoms with van der Waals surface area (Å²) in [6.07, 6.45) is 1.13. The normalized spacial score (nSPS) is 8.77. The summed E-state index contributed by atoms with van der Waals surface area (Å²) >= 11 is 0. The molecule has 2 N–H and O–H groups in total. The average Bonchev–Trinajstić information content (AvgIpc) is 2.52. The molecule has 3 nitrogen and oxygen atoms in total. The summed E-state index contributed by atoms with van der Waals surface area (Å²) in [6.45, 7) is 1.95. The molecule has 1 amide bonds. The van der Waals surface area contributed by atoms with Crippen molar-refractivity contribution in [3.63, 3.8) is 0 Å². The monoisotopic (exact) mass is 180 g/mol. The zero-order valence-corrected chi connectivity index (χ0v) is 7.15. The Kier molecular flexibility index (Phi) is 3.09. The molecule has 0 fully saturated rings. The number of carbonyl (C=O) groups excluding carboxylic acids is 1. The summed E-state index contributed by atoms with van der Waals surface area (Å²) in [6, 6.07) is 1.13. The van der Waals surface area contributed by atoms with E-state index in [9.17, 15) is 9.18 Å². The van der Waals surface area contributed by atoms with Crippen molar-refractivity contribution >= 4 is 5.91 Å². The molecule has 0 spiro atoms. The zero-order chi connectivity index (χ0) is 9.68. The van der Waals surface area contributed by atoms with Gasteiger partial charge < -0.3 is 10.3 Å². The van der Waals surface area contributed by atoms with Crippen molar-refractivity contribution in [3.05, 3.63) is 23.8 Å². The Balaban J connectivity index is 2.52. The minimum atomic E-state index is -0.452. The molecule has 68 valence electrons. The maximum absolute atomic E-state index is 12.4. The number of rotatable bonds is 2. The standard InChI is InChI=1S/C9H9FN2O/c1-2-3-4-11-9(13)8-5-7(10)6-12-8/h5-6,12H,4H2,1H3,(H,11,13). The van der Waals surface area contributed by atoms with Crippen molar-refractivity contribution in [2.75, 3.05) is 6.54 Å². The number of nitrogens with one attached hydrogen (secondary N) is 2. The van der Waals surface area contributed by atoms with Crippen molar-refractivity contribution in [3.8, 4) is 11.8 Å². The van der Waals surface area contributed by atoms with Gasteiger partial charge in [-0.3, -0.25) is 4.79 Å². The first kappa shape index (κ1) is 9.33. The highest BCUT2D eigenvalue weighted by Crippen LogP contribution is 1.99. The third kappa shape index (κ3) is 2.64. The highest BCUT2D eigenvalue weighted by Gasteiger charge is 2.06. The molecule has 13 heavy (non-hydrogen) atoms. The van der Waals surface area contributed by atoms with Crippen LogP contribution < -0.4 is 5.32 Å². The highest BCUT2D eigenvalue weighted by atomic mass is 19.1. The number of halogens is 1. The predicted octanol–water partition coefficient (Wildman–Crippen LogP) is 0.907. The summed E-state index contributed by atoms with van der Waals surface area (Å²) in [7, 11) is 0. The molecule has 0 radical (unpaired) electrons. The van der Waals surface area contributed by atoms with Crippen LogP contribution in [0.25, 0.3) is 0 Å². The second-order valence-electron chi connectivity index (χ2n) is 2.34. The van der Waals surface area contributed by atoms with Gasteiger partial charge in [0.05, 0.1) is 6.54 Å². The molecule has 1 aromatic rings. The summed E-state index contributed by atoms with van der Waals surface area (Å²) in [5.41, 5.74) is 0.204. The van der Waals surface area contributed by atoms with Crippen LogP contribution in [0.4, 0.5) is 4.39 Å². The summed E-state index contributed by atoms with van der Waals surface area (Å²) < 4.78 is 12.4. The van der Waals surface area contributed by atoms with Crippen LogP contribution >= 0.6 is 0 Å². The molecule has 1 rings (SSSR count). The van der Waals surface area contributed by atoms with Gasteiger partial charge >= 0.3 is 0 Å². The van der Waals surface area contributed by atoms with Crippen molar-refractivity contribution in [2.45, 2.75) is 6.92 Å². The van der Waals surface area contributed by atoms with Crippen LogP contribution in [0.5, 0.6) is 0 Å². The van der Waals surface area contributed by atoms with Crippen molar-refractivity contribution < 1.29 is 9.18 Å². The van der Waals surface area contributed by atoms with E-state index >= 15 is 0 Å². The first-order chi connectivity index (χ1) is 6.24. The zero-order valence-electron chi connectivity index (χ0n) is 7.15. The van der Waals surface area contributed by atoms with Gasteiger partial charge in [0.15, 0.2) is 0 Å². The first-order valence-electron chi connectivity index (χ1n) is 3.75. The summed E-state index contributed by atoms with van der Waals surface area (Å²) in [5, 5.41) is 2.50. The molecule has 0 atom stereocenters. The lowest BCUT2D eigenvalue weighted by Gasteiger charge is -1.96. The molecule has 0 saturated carbocycles. The molecule has 0 unspecified atom stereocenters. The number of aromatic nitrogens is 1. The van der Waals surface area contributed by atoms with E-state index in [-0.39, 0.29) is 18.1 Å². The van der Waals surface area contributed by atoms with Crippen LogP contribution in [0.1, 0.15) is 17.4 Å². The molecule has 0 saturated heterocycles. The third-order valence-corrected chi connectivity index (χ3v) is 1.41. The number of hydrogen-bond donors (Lipinski definition) is 2. The Morgan fingerprint density at radius 3 is 3.08 bits per heavy atom. The smallest absolute Gasteiger partial charge is 0.268 e. The quantitative estimate of drug-likeness (QED) is 0.653. The molecular formula is C9H9FN2O. The van der Waals surface area contributed by atoms with Gasteiger partial charge in [0.2, 0.25) is 0 Å². The topological polar surface area (TPSA) is 44.9 Å². The second kappa shape index (κ2) is 4.31. The Labute approximate surface area is 75.3 Å². The minimum Gasteiger partial charge on any atom is -0.355 e. The molecular weight excluding hydrogens is 171 g/mol. The summed E-state index contributed by atoms with van der Waals surface area (Å²) in [4.78, 5) is 13.7. The molecule has 0 aliphatic heterocycles. The fourth-order valence-corrected chi connectivity index (χ4v) is 0.807. The van der Waals surface area contributed by atoms with E-state index < -0.39 is 5.82 Å².